The van der Waals surface area contributed by atoms with Crippen molar-refractivity contribution >= 4 is 29.0 Å². The van der Waals surface area contributed by atoms with E-state index in [0.717, 1.165) is 11.1 Å². The minimum atomic E-state index is -0.742. The quantitative estimate of drug-likeness (QED) is 0.556. The van der Waals surface area contributed by atoms with Crippen LogP contribution in [0.4, 0.5) is 0 Å². The maximum atomic E-state index is 11.6. The lowest BCUT2D eigenvalue weighted by Crippen LogP contribution is -2.43. The van der Waals surface area contributed by atoms with E-state index in [0.29, 0.717) is 0 Å². The smallest absolute Gasteiger partial charge is 0.309 e. The summed E-state index contributed by atoms with van der Waals surface area (Å²) in [5, 5.41) is 4.96. The van der Waals surface area contributed by atoms with Gasteiger partial charge in [0.1, 0.15) is 0 Å². The third-order valence-electron chi connectivity index (χ3n) is 2.63. The van der Waals surface area contributed by atoms with Crippen LogP contribution in [0.3, 0.4) is 0 Å². The van der Waals surface area contributed by atoms with Crippen molar-refractivity contribution in [3.63, 3.8) is 0 Å². The monoisotopic (exact) mass is 279 g/mol. The van der Waals surface area contributed by atoms with Gasteiger partial charge in [-0.05, 0) is 25.0 Å². The summed E-state index contributed by atoms with van der Waals surface area (Å²) in [5.41, 5.74) is 7.26. The van der Waals surface area contributed by atoms with Gasteiger partial charge in [-0.15, -0.1) is 0 Å². The van der Waals surface area contributed by atoms with Crippen LogP contribution in [0, 0.1) is 6.92 Å². The van der Waals surface area contributed by atoms with Crippen molar-refractivity contribution in [3.05, 3.63) is 35.4 Å². The third-order valence-corrected chi connectivity index (χ3v) is 2.78. The summed E-state index contributed by atoms with van der Waals surface area (Å²) in [4.78, 5) is 23.2. The minimum Gasteiger partial charge on any atom is -0.392 e. The third kappa shape index (κ3) is 4.67. The second-order valence-corrected chi connectivity index (χ2v) is 4.73. The van der Waals surface area contributed by atoms with Crippen LogP contribution in [0.2, 0.25) is 0 Å². The van der Waals surface area contributed by atoms with E-state index in [4.69, 9.17) is 5.73 Å². The molecular formula is C13H17N3O2S. The Bertz CT molecular complexity index is 502. The van der Waals surface area contributed by atoms with Crippen molar-refractivity contribution in [1.29, 1.82) is 0 Å². The van der Waals surface area contributed by atoms with E-state index in [2.05, 4.69) is 22.9 Å². The average Bonchev–Trinajstić information content (AvgIpc) is 2.36. The molecule has 0 aromatic heterocycles. The molecule has 5 nitrogen and oxygen atoms in total. The van der Waals surface area contributed by atoms with Gasteiger partial charge >= 0.3 is 11.8 Å². The number of benzene rings is 1. The molecule has 19 heavy (non-hydrogen) atoms. The molecule has 0 aliphatic heterocycles. The molecule has 0 aliphatic carbocycles. The van der Waals surface area contributed by atoms with Crippen LogP contribution in [-0.2, 0) is 9.59 Å². The molecule has 0 spiro atoms. The molecule has 6 heteroatoms. The van der Waals surface area contributed by atoms with E-state index < -0.39 is 11.8 Å². The maximum absolute atomic E-state index is 11.6. The second-order valence-electron chi connectivity index (χ2n) is 4.20. The fourth-order valence-electron chi connectivity index (χ4n) is 1.66. The number of hydrogen-bond acceptors (Lipinski definition) is 3. The number of thiocarbonyl (C=S) groups is 1. The first kappa shape index (κ1) is 15.1. The predicted octanol–water partition coefficient (Wildman–Crippen LogP) is 0.575. The first-order valence-corrected chi connectivity index (χ1v) is 6.25. The predicted molar refractivity (Wildman–Crippen MR) is 77.5 cm³/mol. The molecule has 0 saturated carbocycles. The van der Waals surface area contributed by atoms with Gasteiger partial charge in [0.15, 0.2) is 0 Å². The summed E-state index contributed by atoms with van der Waals surface area (Å²) in [7, 11) is 0. The summed E-state index contributed by atoms with van der Waals surface area (Å²) in [6, 6.07) is 7.42. The number of carbonyl (C=O) groups is 2. The van der Waals surface area contributed by atoms with Crippen LogP contribution >= 0.6 is 12.2 Å². The second kappa shape index (κ2) is 6.84. The molecule has 0 radical (unpaired) electrons. The van der Waals surface area contributed by atoms with Crippen molar-refractivity contribution < 1.29 is 9.59 Å². The normalized spacial score (nSPS) is 11.5. The molecular weight excluding hydrogens is 262 g/mol. The standard InChI is InChI=1S/C13H17N3O2S/c1-8-5-3-4-6-10(8)9(2)16-13(18)12(17)15-7-11(14)19/h3-6,9H,7H2,1-2H3,(H2,14,19)(H,15,17)(H,16,18). The van der Waals surface area contributed by atoms with E-state index in [1.165, 1.54) is 0 Å². The lowest BCUT2D eigenvalue weighted by atomic mass is 10.0. The van der Waals surface area contributed by atoms with Gasteiger partial charge in [0.25, 0.3) is 0 Å². The molecule has 1 aromatic carbocycles. The van der Waals surface area contributed by atoms with E-state index in [1.807, 2.05) is 38.1 Å². The minimum absolute atomic E-state index is 0.0142. The first-order chi connectivity index (χ1) is 8.91. The van der Waals surface area contributed by atoms with Crippen molar-refractivity contribution in [2.45, 2.75) is 19.9 Å². The molecule has 0 aliphatic rings. The lowest BCUT2D eigenvalue weighted by Gasteiger charge is -2.16. The highest BCUT2D eigenvalue weighted by Crippen LogP contribution is 2.16. The summed E-state index contributed by atoms with van der Waals surface area (Å²) in [5.74, 6) is -1.44. The first-order valence-electron chi connectivity index (χ1n) is 5.84. The van der Waals surface area contributed by atoms with Crippen molar-refractivity contribution in [2.75, 3.05) is 6.54 Å². The van der Waals surface area contributed by atoms with Gasteiger partial charge in [0.2, 0.25) is 0 Å². The molecule has 1 rings (SSSR count). The fraction of sp³-hybridized carbons (Fsp3) is 0.308. The van der Waals surface area contributed by atoms with Crippen LogP contribution in [0.15, 0.2) is 24.3 Å². The zero-order chi connectivity index (χ0) is 14.4. The Balaban J connectivity index is 2.59. The molecule has 4 N–H and O–H groups in total. The van der Waals surface area contributed by atoms with Crippen LogP contribution in [0.25, 0.3) is 0 Å². The number of aryl methyl sites for hydroxylation is 1. The van der Waals surface area contributed by atoms with Crippen LogP contribution in [-0.4, -0.2) is 23.3 Å². The highest BCUT2D eigenvalue weighted by Gasteiger charge is 2.17. The fourth-order valence-corrected chi connectivity index (χ4v) is 1.73. The van der Waals surface area contributed by atoms with Gasteiger partial charge in [-0.2, -0.15) is 0 Å². The Labute approximate surface area is 117 Å². The zero-order valence-corrected chi connectivity index (χ0v) is 11.7. The SMILES string of the molecule is Cc1ccccc1C(C)NC(=O)C(=O)NCC(N)=S. The summed E-state index contributed by atoms with van der Waals surface area (Å²) < 4.78 is 0. The van der Waals surface area contributed by atoms with E-state index in [1.54, 1.807) is 0 Å². The largest absolute Gasteiger partial charge is 0.392 e. The number of carbonyl (C=O) groups excluding carboxylic acids is 2. The number of rotatable bonds is 4. The number of nitrogens with two attached hydrogens (primary N) is 1. The molecule has 2 amide bonds. The van der Waals surface area contributed by atoms with Gasteiger partial charge in [-0.1, -0.05) is 36.5 Å². The van der Waals surface area contributed by atoms with Crippen molar-refractivity contribution in [2.24, 2.45) is 5.73 Å². The summed E-state index contributed by atoms with van der Waals surface area (Å²) >= 11 is 4.61. The number of nitrogens with one attached hydrogen (secondary N) is 2. The Kier molecular flexibility index (Phi) is 5.44. The Morgan fingerprint density at radius 2 is 1.95 bits per heavy atom. The maximum Gasteiger partial charge on any atom is 0.309 e. The van der Waals surface area contributed by atoms with E-state index in [-0.39, 0.29) is 17.6 Å². The summed E-state index contributed by atoms with van der Waals surface area (Å²) in [6.07, 6.45) is 0. The highest BCUT2D eigenvalue weighted by atomic mass is 32.1. The Hall–Kier alpha value is -1.95. The van der Waals surface area contributed by atoms with Gasteiger partial charge in [0.05, 0.1) is 17.6 Å². The summed E-state index contributed by atoms with van der Waals surface area (Å²) in [6.45, 7) is 3.78. The van der Waals surface area contributed by atoms with Crippen molar-refractivity contribution in [3.8, 4) is 0 Å². The molecule has 1 atom stereocenters. The van der Waals surface area contributed by atoms with Crippen LogP contribution in [0.1, 0.15) is 24.1 Å². The molecule has 0 heterocycles. The molecule has 1 unspecified atom stereocenters. The number of hydrogen-bond donors (Lipinski definition) is 3. The van der Waals surface area contributed by atoms with Gasteiger partial charge in [0, 0.05) is 0 Å². The van der Waals surface area contributed by atoms with Crippen LogP contribution < -0.4 is 16.4 Å². The molecule has 0 bridgehead atoms. The molecule has 1 aromatic rings. The lowest BCUT2D eigenvalue weighted by molar-refractivity contribution is -0.139. The highest BCUT2D eigenvalue weighted by molar-refractivity contribution is 7.80. The van der Waals surface area contributed by atoms with Crippen molar-refractivity contribution in [1.82, 2.24) is 10.6 Å². The molecule has 0 fully saturated rings. The zero-order valence-electron chi connectivity index (χ0n) is 10.9. The molecule has 102 valence electrons. The Morgan fingerprint density at radius 1 is 1.32 bits per heavy atom. The van der Waals surface area contributed by atoms with E-state index in [9.17, 15) is 9.59 Å². The molecule has 0 saturated heterocycles. The number of amides is 2. The van der Waals surface area contributed by atoms with Gasteiger partial charge in [-0.25, -0.2) is 0 Å². The van der Waals surface area contributed by atoms with Gasteiger partial charge in [-0.3, -0.25) is 9.59 Å². The Morgan fingerprint density at radius 3 is 2.53 bits per heavy atom. The van der Waals surface area contributed by atoms with Gasteiger partial charge < -0.3 is 16.4 Å². The topological polar surface area (TPSA) is 84.2 Å². The van der Waals surface area contributed by atoms with Crippen LogP contribution in [0.5, 0.6) is 0 Å². The van der Waals surface area contributed by atoms with E-state index >= 15 is 0 Å². The average molecular weight is 279 g/mol.